The number of halogens is 2. The van der Waals surface area contributed by atoms with E-state index in [0.717, 1.165) is 12.1 Å². The molecule has 0 bridgehead atoms. The van der Waals surface area contributed by atoms with E-state index in [9.17, 15) is 8.78 Å². The Kier molecular flexibility index (Phi) is 7.22. The highest BCUT2D eigenvalue weighted by Crippen LogP contribution is 2.25. The topological polar surface area (TPSA) is 33.6 Å². The van der Waals surface area contributed by atoms with Crippen molar-refractivity contribution >= 4 is 11.9 Å². The molecule has 0 saturated carbocycles. The molecule has 25 heavy (non-hydrogen) atoms. The maximum absolute atomic E-state index is 14.3. The van der Waals surface area contributed by atoms with Crippen LogP contribution in [0.15, 0.2) is 47.5 Å². The number of aryl methyl sites for hydroxylation is 1. The molecule has 0 aliphatic carbocycles. The number of benzene rings is 1. The highest BCUT2D eigenvalue weighted by molar-refractivity contribution is 5.81. The molecular weight excluding hydrogens is 322 g/mol. The summed E-state index contributed by atoms with van der Waals surface area (Å²) in [5.41, 5.74) is 1.59. The number of nitrogens with one attached hydrogen (secondary N) is 1. The molecule has 5 heteroatoms. The Morgan fingerprint density at radius 3 is 2.72 bits per heavy atom. The molecule has 3 nitrogen and oxygen atoms in total. The summed E-state index contributed by atoms with van der Waals surface area (Å²) >= 11 is 0. The zero-order chi connectivity index (χ0) is 18.2. The summed E-state index contributed by atoms with van der Waals surface area (Å²) in [6, 6.07) is 2.62. The highest BCUT2D eigenvalue weighted by atomic mass is 19.1. The second-order valence-electron chi connectivity index (χ2n) is 6.02. The van der Waals surface area contributed by atoms with E-state index in [2.05, 4.69) is 16.9 Å². The van der Waals surface area contributed by atoms with Gasteiger partial charge in [-0.1, -0.05) is 24.3 Å². The van der Waals surface area contributed by atoms with E-state index in [1.165, 1.54) is 18.3 Å². The van der Waals surface area contributed by atoms with E-state index >= 15 is 0 Å². The molecule has 1 aromatic rings. The third-order valence-electron chi connectivity index (χ3n) is 3.89. The van der Waals surface area contributed by atoms with Gasteiger partial charge in [-0.15, -0.1) is 0 Å². The quantitative estimate of drug-likeness (QED) is 0.619. The lowest BCUT2D eigenvalue weighted by atomic mass is 10.1. The van der Waals surface area contributed by atoms with Gasteiger partial charge in [0.1, 0.15) is 11.6 Å². The number of rotatable bonds is 6. The molecule has 1 aliphatic heterocycles. The first-order valence-electron chi connectivity index (χ1n) is 8.33. The zero-order valence-corrected chi connectivity index (χ0v) is 14.7. The molecule has 0 amide bonds. The Balaban J connectivity index is 2.32. The largest absolute Gasteiger partial charge is 0.375 e. The van der Waals surface area contributed by atoms with E-state index in [1.54, 1.807) is 25.2 Å². The Hall–Kier alpha value is -2.11. The Bertz CT molecular complexity index is 679. The molecule has 2 rings (SSSR count). The van der Waals surface area contributed by atoms with Gasteiger partial charge in [0.05, 0.1) is 24.0 Å². The average molecular weight is 346 g/mol. The fourth-order valence-corrected chi connectivity index (χ4v) is 2.48. The van der Waals surface area contributed by atoms with Crippen molar-refractivity contribution in [3.8, 4) is 0 Å². The fourth-order valence-electron chi connectivity index (χ4n) is 2.48. The summed E-state index contributed by atoms with van der Waals surface area (Å²) < 4.78 is 34.3. The first-order valence-corrected chi connectivity index (χ1v) is 8.33. The summed E-state index contributed by atoms with van der Waals surface area (Å²) in [5.74, 6) is -1.24. The van der Waals surface area contributed by atoms with Gasteiger partial charge in [-0.25, -0.2) is 8.78 Å². The Morgan fingerprint density at radius 1 is 1.40 bits per heavy atom. The Labute approximate surface area is 147 Å². The van der Waals surface area contributed by atoms with E-state index in [-0.39, 0.29) is 17.4 Å². The molecule has 0 radical (unpaired) electrons. The molecule has 1 heterocycles. The standard InChI is InChI=1S/C20H24F2N2O/c1-4-14(2)7-8-24-19(6-5-16-13-23-9-10-25-16)20-17(21)11-15(3)12-18(20)22/h4,6-8,11-12,16,23H,1,5,9-10,13H2,2-3H3/b14-7-,19-6+,24-8+/t16-/m0/s1. The molecule has 1 saturated heterocycles. The lowest BCUT2D eigenvalue weighted by Crippen LogP contribution is -2.38. The summed E-state index contributed by atoms with van der Waals surface area (Å²) in [7, 11) is 0. The highest BCUT2D eigenvalue weighted by Gasteiger charge is 2.16. The van der Waals surface area contributed by atoms with Crippen LogP contribution < -0.4 is 5.32 Å². The van der Waals surface area contributed by atoms with Gasteiger partial charge < -0.3 is 10.1 Å². The number of hydrogen-bond acceptors (Lipinski definition) is 3. The number of hydrogen-bond donors (Lipinski definition) is 1. The monoisotopic (exact) mass is 346 g/mol. The molecule has 1 aliphatic rings. The van der Waals surface area contributed by atoms with E-state index in [0.29, 0.717) is 25.1 Å². The third-order valence-corrected chi connectivity index (χ3v) is 3.89. The summed E-state index contributed by atoms with van der Waals surface area (Å²) in [6.45, 7) is 9.35. The van der Waals surface area contributed by atoms with Crippen molar-refractivity contribution in [3.63, 3.8) is 0 Å². The van der Waals surface area contributed by atoms with Crippen molar-refractivity contribution in [2.75, 3.05) is 19.7 Å². The fraction of sp³-hybridized carbons (Fsp3) is 0.350. The molecule has 0 aromatic heterocycles. The second-order valence-corrected chi connectivity index (χ2v) is 6.02. The van der Waals surface area contributed by atoms with Gasteiger partial charge >= 0.3 is 0 Å². The summed E-state index contributed by atoms with van der Waals surface area (Å²) in [5, 5.41) is 3.23. The number of aliphatic imine (C=N–C) groups is 1. The van der Waals surface area contributed by atoms with Crippen LogP contribution >= 0.6 is 0 Å². The van der Waals surface area contributed by atoms with Crippen molar-refractivity contribution in [2.45, 2.75) is 26.4 Å². The van der Waals surface area contributed by atoms with Gasteiger partial charge in [-0.3, -0.25) is 4.99 Å². The Morgan fingerprint density at radius 2 is 2.12 bits per heavy atom. The lowest BCUT2D eigenvalue weighted by Gasteiger charge is -2.22. The number of allylic oxidation sites excluding steroid dienone is 3. The van der Waals surface area contributed by atoms with Gasteiger partial charge in [0.25, 0.3) is 0 Å². The molecule has 1 fully saturated rings. The van der Waals surface area contributed by atoms with Crippen LogP contribution in [0.3, 0.4) is 0 Å². The third kappa shape index (κ3) is 5.73. The maximum atomic E-state index is 14.3. The minimum absolute atomic E-state index is 0.0269. The minimum atomic E-state index is -0.618. The van der Waals surface area contributed by atoms with Gasteiger partial charge in [0.15, 0.2) is 0 Å². The van der Waals surface area contributed by atoms with Gasteiger partial charge in [-0.05, 0) is 44.0 Å². The summed E-state index contributed by atoms with van der Waals surface area (Å²) in [6.07, 6.45) is 7.18. The van der Waals surface area contributed by atoms with Crippen LogP contribution in [-0.2, 0) is 4.74 Å². The normalized spacial score (nSPS) is 19.4. The van der Waals surface area contributed by atoms with Crippen molar-refractivity contribution in [3.05, 3.63) is 65.3 Å². The van der Waals surface area contributed by atoms with Gasteiger partial charge in [0, 0.05) is 19.3 Å². The number of nitrogens with zero attached hydrogens (tertiary/aromatic N) is 1. The van der Waals surface area contributed by atoms with E-state index < -0.39 is 11.6 Å². The average Bonchev–Trinajstić information content (AvgIpc) is 2.59. The SMILES string of the molecule is C=C\C(C)=C/C=N/C(=C/C[C@H]1CNCCO1)c1c(F)cc(C)cc1F. The van der Waals surface area contributed by atoms with Crippen LogP contribution in [0.2, 0.25) is 0 Å². The first-order chi connectivity index (χ1) is 12.0. The molecule has 1 N–H and O–H groups in total. The van der Waals surface area contributed by atoms with Gasteiger partial charge in [-0.2, -0.15) is 0 Å². The smallest absolute Gasteiger partial charge is 0.135 e. The minimum Gasteiger partial charge on any atom is -0.375 e. The van der Waals surface area contributed by atoms with Crippen LogP contribution in [0.1, 0.15) is 24.5 Å². The van der Waals surface area contributed by atoms with Crippen molar-refractivity contribution in [2.24, 2.45) is 4.99 Å². The molecule has 0 unspecified atom stereocenters. The van der Waals surface area contributed by atoms with Crippen LogP contribution in [0, 0.1) is 18.6 Å². The predicted octanol–water partition coefficient (Wildman–Crippen LogP) is 4.20. The van der Waals surface area contributed by atoms with Crippen LogP contribution in [0.5, 0.6) is 0 Å². The van der Waals surface area contributed by atoms with Gasteiger partial charge in [0.2, 0.25) is 0 Å². The number of ether oxygens (including phenoxy) is 1. The maximum Gasteiger partial charge on any atom is 0.135 e. The van der Waals surface area contributed by atoms with Crippen LogP contribution in [-0.4, -0.2) is 32.0 Å². The zero-order valence-electron chi connectivity index (χ0n) is 14.7. The van der Waals surface area contributed by atoms with E-state index in [1.807, 2.05) is 6.92 Å². The van der Waals surface area contributed by atoms with Crippen molar-refractivity contribution in [1.82, 2.24) is 5.32 Å². The molecule has 1 atom stereocenters. The van der Waals surface area contributed by atoms with Crippen LogP contribution in [0.25, 0.3) is 5.70 Å². The molecule has 1 aromatic carbocycles. The van der Waals surface area contributed by atoms with E-state index in [4.69, 9.17) is 4.74 Å². The number of morpholine rings is 1. The predicted molar refractivity (Wildman–Crippen MR) is 98.7 cm³/mol. The molecule has 0 spiro atoms. The molecule has 134 valence electrons. The van der Waals surface area contributed by atoms with Crippen LogP contribution in [0.4, 0.5) is 8.78 Å². The first kappa shape index (κ1) is 19.2. The van der Waals surface area contributed by atoms with Crippen molar-refractivity contribution in [1.29, 1.82) is 0 Å². The molecular formula is C20H24F2N2O. The van der Waals surface area contributed by atoms with Crippen molar-refractivity contribution < 1.29 is 13.5 Å². The lowest BCUT2D eigenvalue weighted by molar-refractivity contribution is 0.0309. The second kappa shape index (κ2) is 9.39. The summed E-state index contributed by atoms with van der Waals surface area (Å²) in [4.78, 5) is 4.27.